The zero-order chi connectivity index (χ0) is 16.9. The molecule has 1 heteroatoms. The van der Waals surface area contributed by atoms with Crippen LogP contribution in [0.5, 0.6) is 0 Å². The van der Waals surface area contributed by atoms with E-state index < -0.39 is 0 Å². The minimum Gasteiger partial charge on any atom is -0.134 e. The third kappa shape index (κ3) is 3.55. The minimum absolute atomic E-state index is 1.04. The molecule has 0 saturated heterocycles. The Morgan fingerprint density at radius 1 is 0.560 bits per heavy atom. The number of thiophene rings is 1. The molecular weight excluding hydrogens is 320 g/mol. The Balaban J connectivity index is 1.82. The molecule has 1 heterocycles. The van der Waals surface area contributed by atoms with Gasteiger partial charge in [-0.3, -0.25) is 0 Å². The Kier molecular flexibility index (Phi) is 4.46. The molecule has 0 nitrogen and oxygen atoms in total. The van der Waals surface area contributed by atoms with Gasteiger partial charge in [0.2, 0.25) is 0 Å². The number of hydrogen-bond donors (Lipinski definition) is 0. The summed E-state index contributed by atoms with van der Waals surface area (Å²) in [5.74, 6) is 6.67. The van der Waals surface area contributed by atoms with E-state index in [1.807, 2.05) is 42.5 Å². The van der Waals surface area contributed by atoms with Gasteiger partial charge in [0.25, 0.3) is 0 Å². The van der Waals surface area contributed by atoms with Crippen LogP contribution in [0.1, 0.15) is 11.1 Å². The van der Waals surface area contributed by atoms with E-state index in [4.69, 9.17) is 0 Å². The van der Waals surface area contributed by atoms with Crippen LogP contribution in [-0.2, 0) is 0 Å². The second kappa shape index (κ2) is 7.21. The first kappa shape index (κ1) is 15.4. The van der Waals surface area contributed by atoms with Crippen LogP contribution in [0.15, 0.2) is 97.1 Å². The molecule has 4 aromatic rings. The van der Waals surface area contributed by atoms with Gasteiger partial charge < -0.3 is 0 Å². The topological polar surface area (TPSA) is 0 Å². The molecule has 0 aliphatic carbocycles. The van der Waals surface area contributed by atoms with Crippen LogP contribution in [0.3, 0.4) is 0 Å². The minimum atomic E-state index is 1.04. The molecule has 0 N–H and O–H groups in total. The van der Waals surface area contributed by atoms with E-state index in [2.05, 4.69) is 66.4 Å². The van der Waals surface area contributed by atoms with Crippen LogP contribution >= 0.6 is 11.3 Å². The van der Waals surface area contributed by atoms with Gasteiger partial charge in [0.1, 0.15) is 0 Å². The third-order valence-corrected chi connectivity index (χ3v) is 5.17. The third-order valence-electron chi connectivity index (χ3n) is 3.94. The lowest BCUT2D eigenvalue weighted by molar-refractivity contribution is 1.64. The molecule has 0 unspecified atom stereocenters. The summed E-state index contributed by atoms with van der Waals surface area (Å²) in [5, 5.41) is 0. The maximum atomic E-state index is 3.38. The molecule has 0 radical (unpaired) electrons. The summed E-state index contributed by atoms with van der Waals surface area (Å²) in [5.41, 5.74) is 4.57. The molecule has 3 aromatic carbocycles. The largest absolute Gasteiger partial charge is 0.134 e. The molecule has 4 rings (SSSR count). The molecule has 0 atom stereocenters. The zero-order valence-electron chi connectivity index (χ0n) is 13.6. The molecule has 25 heavy (non-hydrogen) atoms. The van der Waals surface area contributed by atoms with Gasteiger partial charge in [-0.05, 0) is 29.3 Å². The van der Waals surface area contributed by atoms with Gasteiger partial charge in [0.05, 0.1) is 4.88 Å². The molecule has 118 valence electrons. The van der Waals surface area contributed by atoms with Gasteiger partial charge in [-0.1, -0.05) is 90.7 Å². The van der Waals surface area contributed by atoms with E-state index in [9.17, 15) is 0 Å². The SMILES string of the molecule is C(#Cc1cc(-c2ccccc2)sc1-c1ccccc1)c1ccccc1. The van der Waals surface area contributed by atoms with Crippen LogP contribution in [0.4, 0.5) is 0 Å². The van der Waals surface area contributed by atoms with E-state index in [-0.39, 0.29) is 0 Å². The van der Waals surface area contributed by atoms with Crippen LogP contribution in [-0.4, -0.2) is 0 Å². The number of hydrogen-bond acceptors (Lipinski definition) is 1. The van der Waals surface area contributed by atoms with Crippen LogP contribution in [0.2, 0.25) is 0 Å². The molecule has 0 aliphatic rings. The standard InChI is InChI=1S/C24H16S/c1-4-10-19(11-5-1)16-17-22-18-23(20-12-6-2-7-13-20)25-24(22)21-14-8-3-9-15-21/h1-15,18H. The van der Waals surface area contributed by atoms with Crippen molar-refractivity contribution in [1.82, 2.24) is 0 Å². The predicted molar refractivity (Wildman–Crippen MR) is 108 cm³/mol. The Bertz CT molecular complexity index is 1020. The van der Waals surface area contributed by atoms with E-state index in [1.54, 1.807) is 11.3 Å². The Morgan fingerprint density at radius 2 is 1.12 bits per heavy atom. The molecule has 0 aliphatic heterocycles. The summed E-state index contributed by atoms with van der Waals surface area (Å²) < 4.78 is 0. The van der Waals surface area contributed by atoms with Gasteiger partial charge in [-0.25, -0.2) is 0 Å². The van der Waals surface area contributed by atoms with Crippen LogP contribution < -0.4 is 0 Å². The summed E-state index contributed by atoms with van der Waals surface area (Å²) in [6, 6.07) is 33.3. The van der Waals surface area contributed by atoms with Crippen LogP contribution in [0.25, 0.3) is 20.9 Å². The highest BCUT2D eigenvalue weighted by molar-refractivity contribution is 7.19. The Morgan fingerprint density at radius 3 is 1.76 bits per heavy atom. The summed E-state index contributed by atoms with van der Waals surface area (Å²) in [6.07, 6.45) is 0. The molecule has 0 bridgehead atoms. The van der Waals surface area contributed by atoms with Crippen molar-refractivity contribution in [3.8, 4) is 32.7 Å². The fourth-order valence-electron chi connectivity index (χ4n) is 2.69. The second-order valence-corrected chi connectivity index (χ2v) is 6.75. The lowest BCUT2D eigenvalue weighted by Crippen LogP contribution is -1.77. The number of benzene rings is 3. The monoisotopic (exact) mass is 336 g/mol. The summed E-state index contributed by atoms with van der Waals surface area (Å²) in [4.78, 5) is 2.47. The van der Waals surface area contributed by atoms with Gasteiger partial charge in [-0.2, -0.15) is 0 Å². The highest BCUT2D eigenvalue weighted by atomic mass is 32.1. The van der Waals surface area contributed by atoms with Gasteiger partial charge in [0, 0.05) is 16.0 Å². The maximum Gasteiger partial charge on any atom is 0.0506 e. The lowest BCUT2D eigenvalue weighted by Gasteiger charge is -1.98. The fourth-order valence-corrected chi connectivity index (χ4v) is 3.82. The summed E-state index contributed by atoms with van der Waals surface area (Å²) >= 11 is 1.80. The summed E-state index contributed by atoms with van der Waals surface area (Å²) in [6.45, 7) is 0. The average Bonchev–Trinajstić information content (AvgIpc) is 3.13. The maximum absolute atomic E-state index is 3.38. The van der Waals surface area contributed by atoms with Crippen molar-refractivity contribution in [2.24, 2.45) is 0 Å². The first-order valence-electron chi connectivity index (χ1n) is 8.22. The van der Waals surface area contributed by atoms with Crippen LogP contribution in [0, 0.1) is 11.8 Å². The fraction of sp³-hybridized carbons (Fsp3) is 0. The average molecular weight is 336 g/mol. The van der Waals surface area contributed by atoms with Gasteiger partial charge >= 0.3 is 0 Å². The normalized spacial score (nSPS) is 10.1. The molecule has 1 aromatic heterocycles. The highest BCUT2D eigenvalue weighted by Crippen LogP contribution is 2.37. The molecule has 0 fully saturated rings. The van der Waals surface area contributed by atoms with Crippen molar-refractivity contribution in [3.05, 3.63) is 108 Å². The van der Waals surface area contributed by atoms with Crippen molar-refractivity contribution in [3.63, 3.8) is 0 Å². The van der Waals surface area contributed by atoms with Crippen molar-refractivity contribution < 1.29 is 0 Å². The second-order valence-electron chi connectivity index (χ2n) is 5.70. The van der Waals surface area contributed by atoms with E-state index >= 15 is 0 Å². The molecule has 0 saturated carbocycles. The first-order chi connectivity index (χ1) is 12.4. The van der Waals surface area contributed by atoms with Crippen molar-refractivity contribution in [2.75, 3.05) is 0 Å². The van der Waals surface area contributed by atoms with Crippen molar-refractivity contribution >= 4 is 11.3 Å². The molecular formula is C24H16S. The summed E-state index contributed by atoms with van der Waals surface area (Å²) in [7, 11) is 0. The van der Waals surface area contributed by atoms with Gasteiger partial charge in [-0.15, -0.1) is 11.3 Å². The van der Waals surface area contributed by atoms with Crippen molar-refractivity contribution in [1.29, 1.82) is 0 Å². The highest BCUT2D eigenvalue weighted by Gasteiger charge is 2.10. The Hall–Kier alpha value is -3.08. The predicted octanol–water partition coefficient (Wildman–Crippen LogP) is 6.48. The Labute approximate surface area is 152 Å². The van der Waals surface area contributed by atoms with Gasteiger partial charge in [0.15, 0.2) is 0 Å². The molecule has 0 spiro atoms. The zero-order valence-corrected chi connectivity index (χ0v) is 14.5. The van der Waals surface area contributed by atoms with E-state index in [0.29, 0.717) is 0 Å². The molecule has 0 amide bonds. The first-order valence-corrected chi connectivity index (χ1v) is 9.03. The number of rotatable bonds is 2. The smallest absolute Gasteiger partial charge is 0.0506 e. The quantitative estimate of drug-likeness (QED) is 0.367. The van der Waals surface area contributed by atoms with Crippen molar-refractivity contribution in [2.45, 2.75) is 0 Å². The lowest BCUT2D eigenvalue weighted by atomic mass is 10.1. The van der Waals surface area contributed by atoms with E-state index in [1.165, 1.54) is 20.9 Å². The van der Waals surface area contributed by atoms with E-state index in [0.717, 1.165) is 11.1 Å².